The van der Waals surface area contributed by atoms with E-state index in [-0.39, 0.29) is 35.0 Å². The van der Waals surface area contributed by atoms with Crippen molar-refractivity contribution >= 4 is 21.6 Å². The van der Waals surface area contributed by atoms with Gasteiger partial charge in [0.25, 0.3) is 11.6 Å². The van der Waals surface area contributed by atoms with Crippen LogP contribution in [0.2, 0.25) is 0 Å². The zero-order valence-electron chi connectivity index (χ0n) is 25.6. The minimum Gasteiger partial charge on any atom is -0.437 e. The smallest absolute Gasteiger partial charge is 0.416 e. The number of nitro benzene ring substituents is 1. The molecule has 0 spiro atoms. The molecule has 0 aliphatic rings. The summed E-state index contributed by atoms with van der Waals surface area (Å²) in [6, 6.07) is 12.6. The molecular formula is C31H32F3N5O6S. The minimum absolute atomic E-state index is 0.0493. The SMILES string of the molecule is CC[C@@H](C)NS(=O)(=O)c1cc([N+](=O)[O-])ccc1Oc1c(C)c(C(=O)NCc2cccc(C(F)(F)F)c2)nn1-c1cc(C)ccc1C. The molecule has 244 valence electrons. The van der Waals surface area contributed by atoms with Crippen molar-refractivity contribution in [3.05, 3.63) is 104 Å². The number of non-ortho nitro benzene ring substituents is 1. The summed E-state index contributed by atoms with van der Waals surface area (Å²) in [4.78, 5) is 23.7. The van der Waals surface area contributed by atoms with E-state index in [0.29, 0.717) is 12.1 Å². The van der Waals surface area contributed by atoms with Crippen molar-refractivity contribution in [2.45, 2.75) is 64.7 Å². The summed E-state index contributed by atoms with van der Waals surface area (Å²) in [5, 5.41) is 18.6. The Hall–Kier alpha value is -4.76. The molecule has 3 aromatic carbocycles. The van der Waals surface area contributed by atoms with Crippen molar-refractivity contribution < 1.29 is 36.0 Å². The first kappa shape index (κ1) is 34.1. The summed E-state index contributed by atoms with van der Waals surface area (Å²) >= 11 is 0. The van der Waals surface area contributed by atoms with E-state index in [1.807, 2.05) is 19.1 Å². The molecule has 0 saturated carbocycles. The molecule has 0 saturated heterocycles. The van der Waals surface area contributed by atoms with E-state index in [0.717, 1.165) is 41.5 Å². The van der Waals surface area contributed by atoms with Gasteiger partial charge in [0.1, 0.15) is 10.6 Å². The number of hydrogen-bond donors (Lipinski definition) is 2. The molecule has 2 N–H and O–H groups in total. The van der Waals surface area contributed by atoms with Crippen LogP contribution in [0.4, 0.5) is 18.9 Å². The van der Waals surface area contributed by atoms with E-state index >= 15 is 0 Å². The van der Waals surface area contributed by atoms with Crippen molar-refractivity contribution in [2.75, 3.05) is 0 Å². The standard InChI is InChI=1S/C31H32F3N5O6S/c1-6-20(4)37-46(43,44)27-16-24(39(41)42)12-13-26(27)45-30-21(5)28(36-38(30)25-14-18(2)10-11-19(25)3)29(40)35-17-22-8-7-9-23(15-22)31(32,33)34/h7-16,20,37H,6,17H2,1-5H3,(H,35,40)/t20-/m1/s1. The average Bonchev–Trinajstić information content (AvgIpc) is 3.31. The molecule has 0 aliphatic heterocycles. The number of halogens is 3. The number of nitrogens with zero attached hydrogens (tertiary/aromatic N) is 3. The van der Waals surface area contributed by atoms with Crippen molar-refractivity contribution in [1.82, 2.24) is 19.8 Å². The molecular weight excluding hydrogens is 627 g/mol. The third-order valence-corrected chi connectivity index (χ3v) is 8.80. The number of carbonyl (C=O) groups is 1. The summed E-state index contributed by atoms with van der Waals surface area (Å²) in [5.74, 6) is -1.03. The summed E-state index contributed by atoms with van der Waals surface area (Å²) in [6.45, 7) is 8.31. The number of nitro groups is 1. The third-order valence-electron chi connectivity index (χ3n) is 7.19. The zero-order chi connectivity index (χ0) is 34.0. The second-order valence-electron chi connectivity index (χ2n) is 10.8. The van der Waals surface area contributed by atoms with Gasteiger partial charge in [0.15, 0.2) is 5.69 Å². The number of hydrogen-bond acceptors (Lipinski definition) is 7. The number of alkyl halides is 3. The predicted molar refractivity (Wildman–Crippen MR) is 164 cm³/mol. The molecule has 46 heavy (non-hydrogen) atoms. The fourth-order valence-electron chi connectivity index (χ4n) is 4.47. The number of benzene rings is 3. The Morgan fingerprint density at radius 3 is 2.46 bits per heavy atom. The van der Waals surface area contributed by atoms with Gasteiger partial charge in [0, 0.05) is 30.3 Å². The lowest BCUT2D eigenvalue weighted by atomic mass is 10.1. The van der Waals surface area contributed by atoms with Gasteiger partial charge in [-0.2, -0.15) is 23.0 Å². The molecule has 0 radical (unpaired) electrons. The van der Waals surface area contributed by atoms with Gasteiger partial charge in [-0.1, -0.05) is 31.2 Å². The second kappa shape index (κ2) is 13.3. The van der Waals surface area contributed by atoms with Crippen LogP contribution in [0.3, 0.4) is 0 Å². The molecule has 1 amide bonds. The maximum atomic E-state index is 13.4. The molecule has 4 rings (SSSR count). The van der Waals surface area contributed by atoms with Gasteiger partial charge in [-0.3, -0.25) is 14.9 Å². The summed E-state index contributed by atoms with van der Waals surface area (Å²) < 4.78 is 76.3. The van der Waals surface area contributed by atoms with Crippen LogP contribution in [-0.2, 0) is 22.7 Å². The van der Waals surface area contributed by atoms with Gasteiger partial charge in [0.05, 0.1) is 16.2 Å². The number of aromatic nitrogens is 2. The van der Waals surface area contributed by atoms with Gasteiger partial charge in [-0.15, -0.1) is 0 Å². The normalized spacial score (nSPS) is 12.5. The first-order chi connectivity index (χ1) is 21.5. The van der Waals surface area contributed by atoms with Crippen molar-refractivity contribution in [3.63, 3.8) is 0 Å². The van der Waals surface area contributed by atoms with Crippen molar-refractivity contribution in [2.24, 2.45) is 0 Å². The largest absolute Gasteiger partial charge is 0.437 e. The molecule has 15 heteroatoms. The van der Waals surface area contributed by atoms with E-state index in [4.69, 9.17) is 4.74 Å². The molecule has 4 aromatic rings. The lowest BCUT2D eigenvalue weighted by Gasteiger charge is -2.17. The highest BCUT2D eigenvalue weighted by atomic mass is 32.2. The fourth-order valence-corrected chi connectivity index (χ4v) is 5.94. The fraction of sp³-hybridized carbons (Fsp3) is 0.290. The van der Waals surface area contributed by atoms with E-state index in [1.54, 1.807) is 26.8 Å². The van der Waals surface area contributed by atoms with Crippen LogP contribution in [0.25, 0.3) is 5.69 Å². The number of carbonyl (C=O) groups excluding carboxylic acids is 1. The van der Waals surface area contributed by atoms with Crippen LogP contribution < -0.4 is 14.8 Å². The number of amides is 1. The number of rotatable bonds is 11. The molecule has 1 heterocycles. The van der Waals surface area contributed by atoms with Crippen molar-refractivity contribution in [1.29, 1.82) is 0 Å². The molecule has 0 fully saturated rings. The first-order valence-corrected chi connectivity index (χ1v) is 15.6. The Morgan fingerprint density at radius 2 is 1.80 bits per heavy atom. The van der Waals surface area contributed by atoms with Crippen LogP contribution in [0.5, 0.6) is 11.6 Å². The number of aryl methyl sites for hydroxylation is 2. The summed E-state index contributed by atoms with van der Waals surface area (Å²) in [7, 11) is -4.31. The van der Waals surface area contributed by atoms with E-state index in [9.17, 15) is 36.5 Å². The maximum absolute atomic E-state index is 13.4. The molecule has 11 nitrogen and oxygen atoms in total. The van der Waals surface area contributed by atoms with Gasteiger partial charge in [-0.05, 0) is 75.1 Å². The Morgan fingerprint density at radius 1 is 1.09 bits per heavy atom. The van der Waals surface area contributed by atoms with Crippen LogP contribution in [0.1, 0.15) is 58.6 Å². The highest BCUT2D eigenvalue weighted by Crippen LogP contribution is 2.36. The van der Waals surface area contributed by atoms with Crippen LogP contribution in [0.15, 0.2) is 65.6 Å². The lowest BCUT2D eigenvalue weighted by molar-refractivity contribution is -0.385. The third kappa shape index (κ3) is 7.54. The second-order valence-corrected chi connectivity index (χ2v) is 12.5. The highest BCUT2D eigenvalue weighted by molar-refractivity contribution is 7.89. The quantitative estimate of drug-likeness (QED) is 0.138. The predicted octanol–water partition coefficient (Wildman–Crippen LogP) is 6.52. The monoisotopic (exact) mass is 659 g/mol. The molecule has 1 atom stereocenters. The number of nitrogens with one attached hydrogen (secondary N) is 2. The van der Waals surface area contributed by atoms with E-state index < -0.39 is 49.2 Å². The van der Waals surface area contributed by atoms with Gasteiger partial charge in [-0.25, -0.2) is 13.1 Å². The van der Waals surface area contributed by atoms with Gasteiger partial charge >= 0.3 is 6.18 Å². The van der Waals surface area contributed by atoms with Gasteiger partial charge in [0.2, 0.25) is 15.9 Å². The molecule has 0 bridgehead atoms. The van der Waals surface area contributed by atoms with E-state index in [2.05, 4.69) is 15.1 Å². The lowest BCUT2D eigenvalue weighted by Crippen LogP contribution is -2.32. The van der Waals surface area contributed by atoms with Crippen LogP contribution >= 0.6 is 0 Å². The molecule has 1 aromatic heterocycles. The van der Waals surface area contributed by atoms with Crippen molar-refractivity contribution in [3.8, 4) is 17.3 Å². The van der Waals surface area contributed by atoms with E-state index in [1.165, 1.54) is 23.7 Å². The van der Waals surface area contributed by atoms with Crippen LogP contribution in [0, 0.1) is 30.9 Å². The highest BCUT2D eigenvalue weighted by Gasteiger charge is 2.31. The Balaban J connectivity index is 1.81. The maximum Gasteiger partial charge on any atom is 0.416 e. The molecule has 0 unspecified atom stereocenters. The topological polar surface area (TPSA) is 145 Å². The Bertz CT molecular complexity index is 1910. The Labute approximate surface area is 263 Å². The average molecular weight is 660 g/mol. The number of sulfonamides is 1. The summed E-state index contributed by atoms with van der Waals surface area (Å²) in [5.41, 5.74) is 0.981. The number of ether oxygens (including phenoxy) is 1. The Kier molecular flexibility index (Phi) is 9.87. The summed E-state index contributed by atoms with van der Waals surface area (Å²) in [6.07, 6.45) is -4.11. The van der Waals surface area contributed by atoms with Crippen LogP contribution in [-0.4, -0.2) is 35.1 Å². The molecule has 0 aliphatic carbocycles. The zero-order valence-corrected chi connectivity index (χ0v) is 26.4. The van der Waals surface area contributed by atoms with Gasteiger partial charge < -0.3 is 10.1 Å². The minimum atomic E-state index is -4.55. The first-order valence-electron chi connectivity index (χ1n) is 14.1.